The molecule has 0 bridgehead atoms. The molecule has 0 unspecified atom stereocenters. The zero-order valence-electron chi connectivity index (χ0n) is 15.4. The molecule has 1 aliphatic rings. The van der Waals surface area contributed by atoms with Crippen molar-refractivity contribution in [3.63, 3.8) is 0 Å². The van der Waals surface area contributed by atoms with Gasteiger partial charge in [-0.1, -0.05) is 11.3 Å². The Morgan fingerprint density at radius 2 is 2.04 bits per heavy atom. The summed E-state index contributed by atoms with van der Waals surface area (Å²) in [6.07, 6.45) is 1.72. The summed E-state index contributed by atoms with van der Waals surface area (Å²) in [6.45, 7) is 3.44. The van der Waals surface area contributed by atoms with Gasteiger partial charge in [0.25, 0.3) is 5.91 Å². The van der Waals surface area contributed by atoms with Crippen LogP contribution in [0.15, 0.2) is 29.4 Å². The van der Waals surface area contributed by atoms with Crippen molar-refractivity contribution in [3.8, 4) is 11.5 Å². The Hall–Kier alpha value is -3.14. The van der Waals surface area contributed by atoms with Crippen molar-refractivity contribution in [2.45, 2.75) is 20.0 Å². The molecule has 0 N–H and O–H groups in total. The molecule has 2 aromatic heterocycles. The molecule has 3 aromatic rings. The maximum absolute atomic E-state index is 12.6. The third-order valence-corrected chi connectivity index (χ3v) is 5.28. The predicted molar refractivity (Wildman–Crippen MR) is 101 cm³/mol. The minimum absolute atomic E-state index is 0.0777. The van der Waals surface area contributed by atoms with Crippen molar-refractivity contribution < 1.29 is 23.8 Å². The number of aryl methyl sites for hydroxylation is 1. The number of amides is 1. The summed E-state index contributed by atoms with van der Waals surface area (Å²) in [5.41, 5.74) is 0.958. The Morgan fingerprint density at radius 1 is 1.29 bits per heavy atom. The zero-order chi connectivity index (χ0) is 19.7. The van der Waals surface area contributed by atoms with Crippen molar-refractivity contribution in [3.05, 3.63) is 34.9 Å². The largest absolute Gasteiger partial charge is 0.486 e. The van der Waals surface area contributed by atoms with Crippen LogP contribution in [0, 0.1) is 0 Å². The number of ether oxygens (including phenoxy) is 3. The average Bonchev–Trinajstić information content (AvgIpc) is 3.31. The van der Waals surface area contributed by atoms with E-state index in [1.54, 1.807) is 27.6 Å². The summed E-state index contributed by atoms with van der Waals surface area (Å²) < 4.78 is 20.2. The van der Waals surface area contributed by atoms with E-state index in [-0.39, 0.29) is 12.2 Å². The van der Waals surface area contributed by atoms with Gasteiger partial charge in [-0.25, -0.2) is 0 Å². The second-order valence-electron chi connectivity index (χ2n) is 5.98. The van der Waals surface area contributed by atoms with Crippen LogP contribution in [0.4, 0.5) is 0 Å². The number of fused-ring (bicyclic) bond motifs is 2. The van der Waals surface area contributed by atoms with Crippen molar-refractivity contribution in [1.29, 1.82) is 0 Å². The second-order valence-corrected chi connectivity index (χ2v) is 6.99. The highest BCUT2D eigenvalue weighted by molar-refractivity contribution is 7.16. The van der Waals surface area contributed by atoms with Gasteiger partial charge in [0, 0.05) is 24.9 Å². The Labute approximate surface area is 163 Å². The van der Waals surface area contributed by atoms with Crippen molar-refractivity contribution in [1.82, 2.24) is 14.3 Å². The summed E-state index contributed by atoms with van der Waals surface area (Å²) in [7, 11) is 1.32. The third-order valence-electron chi connectivity index (χ3n) is 4.24. The maximum Gasteiger partial charge on any atom is 0.325 e. The number of benzene rings is 1. The molecule has 3 heterocycles. The van der Waals surface area contributed by atoms with Crippen LogP contribution in [0.1, 0.15) is 17.4 Å². The number of methoxy groups -OCH3 is 1. The number of hydrogen-bond acceptors (Lipinski definition) is 7. The molecule has 1 amide bonds. The van der Waals surface area contributed by atoms with Gasteiger partial charge in [-0.15, -0.1) is 0 Å². The Morgan fingerprint density at radius 3 is 2.71 bits per heavy atom. The van der Waals surface area contributed by atoms with E-state index < -0.39 is 11.9 Å². The van der Waals surface area contributed by atoms with Crippen LogP contribution in [0.5, 0.6) is 11.5 Å². The molecule has 10 heteroatoms. The van der Waals surface area contributed by atoms with Crippen molar-refractivity contribution in [2.75, 3.05) is 20.3 Å². The average molecular weight is 402 g/mol. The first-order valence-electron chi connectivity index (χ1n) is 8.71. The third kappa shape index (κ3) is 3.38. The Balaban J connectivity index is 1.84. The molecule has 146 valence electrons. The van der Waals surface area contributed by atoms with Gasteiger partial charge in [0.1, 0.15) is 19.8 Å². The normalized spacial score (nSPS) is 13.7. The molecule has 4 rings (SSSR count). The molecule has 0 aliphatic carbocycles. The fourth-order valence-corrected chi connectivity index (χ4v) is 3.87. The lowest BCUT2D eigenvalue weighted by molar-refractivity contribution is -0.141. The highest BCUT2D eigenvalue weighted by atomic mass is 32.1. The maximum atomic E-state index is 12.6. The molecule has 0 radical (unpaired) electrons. The number of nitrogens with zero attached hydrogens (tertiary/aromatic N) is 4. The highest BCUT2D eigenvalue weighted by Crippen LogP contribution is 2.35. The van der Waals surface area contributed by atoms with E-state index in [1.165, 1.54) is 18.4 Å². The van der Waals surface area contributed by atoms with E-state index in [1.807, 2.05) is 13.0 Å². The van der Waals surface area contributed by atoms with E-state index in [9.17, 15) is 9.59 Å². The number of rotatable bonds is 4. The van der Waals surface area contributed by atoms with Crippen LogP contribution in [-0.2, 0) is 22.6 Å². The highest BCUT2D eigenvalue weighted by Gasteiger charge is 2.19. The number of aromatic nitrogens is 3. The topological polar surface area (TPSA) is 96.9 Å². The van der Waals surface area contributed by atoms with Crippen LogP contribution < -0.4 is 14.3 Å². The lowest BCUT2D eigenvalue weighted by atomic mass is 10.2. The number of carbonyl (C=O) groups excluding carboxylic acids is 2. The van der Waals surface area contributed by atoms with Crippen LogP contribution in [0.2, 0.25) is 0 Å². The molecule has 0 fully saturated rings. The van der Waals surface area contributed by atoms with E-state index in [4.69, 9.17) is 14.2 Å². The fourth-order valence-electron chi connectivity index (χ4n) is 2.83. The van der Waals surface area contributed by atoms with Crippen LogP contribution >= 0.6 is 11.3 Å². The SMILES string of the molecule is CCn1ccc(C(=O)N=c2sc3cc4c(cc3n2CC(=O)OC)OCCO4)n1. The van der Waals surface area contributed by atoms with E-state index in [2.05, 4.69) is 10.1 Å². The first kappa shape index (κ1) is 18.2. The van der Waals surface area contributed by atoms with Gasteiger partial charge in [-0.3, -0.25) is 14.3 Å². The smallest absolute Gasteiger partial charge is 0.325 e. The summed E-state index contributed by atoms with van der Waals surface area (Å²) in [5.74, 6) is 0.299. The molecule has 0 saturated heterocycles. The molecule has 9 nitrogen and oxygen atoms in total. The van der Waals surface area contributed by atoms with Gasteiger partial charge in [-0.2, -0.15) is 10.1 Å². The van der Waals surface area contributed by atoms with Gasteiger partial charge in [-0.05, 0) is 13.0 Å². The number of carbonyl (C=O) groups is 2. The molecule has 0 saturated carbocycles. The Bertz CT molecular complexity index is 1130. The summed E-state index contributed by atoms with van der Waals surface area (Å²) in [6, 6.07) is 5.24. The van der Waals surface area contributed by atoms with Gasteiger partial charge >= 0.3 is 5.97 Å². The summed E-state index contributed by atoms with van der Waals surface area (Å²) in [4.78, 5) is 29.1. The van der Waals surface area contributed by atoms with Crippen LogP contribution in [0.3, 0.4) is 0 Å². The second kappa shape index (κ2) is 7.47. The zero-order valence-corrected chi connectivity index (χ0v) is 16.2. The molecule has 0 spiro atoms. The van der Waals surface area contributed by atoms with Gasteiger partial charge in [0.2, 0.25) is 0 Å². The van der Waals surface area contributed by atoms with Gasteiger partial charge in [0.15, 0.2) is 22.0 Å². The van der Waals surface area contributed by atoms with Crippen molar-refractivity contribution >= 4 is 33.4 Å². The lowest BCUT2D eigenvalue weighted by Crippen LogP contribution is -2.22. The van der Waals surface area contributed by atoms with E-state index in [0.29, 0.717) is 41.6 Å². The number of thiazole rings is 1. The minimum Gasteiger partial charge on any atom is -0.486 e. The molecule has 1 aromatic carbocycles. The van der Waals surface area contributed by atoms with E-state index in [0.717, 1.165) is 4.70 Å². The van der Waals surface area contributed by atoms with Gasteiger partial charge < -0.3 is 18.8 Å². The molecule has 28 heavy (non-hydrogen) atoms. The Kier molecular flexibility index (Phi) is 4.86. The standard InChI is InChI=1S/C18H18N4O5S/c1-3-21-5-4-11(20-21)17(24)19-18-22(10-16(23)25-2)12-8-13-14(9-15(12)28-18)27-7-6-26-13/h4-5,8-9H,3,6-7,10H2,1-2H3. The monoisotopic (exact) mass is 402 g/mol. The van der Waals surface area contributed by atoms with Crippen molar-refractivity contribution in [2.24, 2.45) is 4.99 Å². The lowest BCUT2D eigenvalue weighted by Gasteiger charge is -2.18. The number of hydrogen-bond donors (Lipinski definition) is 0. The van der Waals surface area contributed by atoms with Crippen LogP contribution in [-0.4, -0.2) is 46.5 Å². The quantitative estimate of drug-likeness (QED) is 0.615. The van der Waals surface area contributed by atoms with E-state index >= 15 is 0 Å². The van der Waals surface area contributed by atoms with Gasteiger partial charge in [0.05, 0.1) is 17.3 Å². The van der Waals surface area contributed by atoms with Crippen LogP contribution in [0.25, 0.3) is 10.2 Å². The molecular weight excluding hydrogens is 384 g/mol. The first-order valence-corrected chi connectivity index (χ1v) is 9.53. The molecule has 1 aliphatic heterocycles. The predicted octanol–water partition coefficient (Wildman–Crippen LogP) is 1.60. The molecular formula is C18H18N4O5S. The fraction of sp³-hybridized carbons (Fsp3) is 0.333. The summed E-state index contributed by atoms with van der Waals surface area (Å²) in [5, 5.41) is 4.19. The first-order chi connectivity index (χ1) is 13.6. The summed E-state index contributed by atoms with van der Waals surface area (Å²) >= 11 is 1.28. The minimum atomic E-state index is -0.477. The molecule has 0 atom stereocenters. The number of esters is 1.